The van der Waals surface area contributed by atoms with E-state index in [-0.39, 0.29) is 11.6 Å². The van der Waals surface area contributed by atoms with E-state index in [0.717, 1.165) is 4.57 Å². The molecule has 34 heavy (non-hydrogen) atoms. The Balaban J connectivity index is 1.82. The Labute approximate surface area is 195 Å². The van der Waals surface area contributed by atoms with Crippen LogP contribution in [0.25, 0.3) is 0 Å². The first-order valence-electron chi connectivity index (χ1n) is 10.3. The standard InChI is InChI=1S/C20H27N4O9P/c1-11(19(27)30-3)23-34(29,33-13-7-5-4-6-8-13)32-12(2)17-15(25)16(26)18(31-17)24-10-9-14(21)22-20(24)28/h4-12,15-18,25-26H,1-3H3,(H,23,29)(H2,21,22,28)/t11?,12?,15-,16-,17+,18+,34?/m0/s1. The molecule has 1 saturated heterocycles. The summed E-state index contributed by atoms with van der Waals surface area (Å²) in [7, 11) is -3.08. The van der Waals surface area contributed by atoms with Crippen LogP contribution < -0.4 is 21.0 Å². The molecule has 3 rings (SSSR count). The fourth-order valence-electron chi connectivity index (χ4n) is 3.37. The molecule has 1 aliphatic heterocycles. The van der Waals surface area contributed by atoms with Crippen molar-refractivity contribution in [2.45, 2.75) is 50.5 Å². The second-order valence-corrected chi connectivity index (χ2v) is 9.25. The van der Waals surface area contributed by atoms with Gasteiger partial charge in [0.2, 0.25) is 0 Å². The van der Waals surface area contributed by atoms with Gasteiger partial charge in [-0.25, -0.2) is 9.36 Å². The van der Waals surface area contributed by atoms with E-state index >= 15 is 0 Å². The Kier molecular flexibility index (Phi) is 8.08. The van der Waals surface area contributed by atoms with Crippen LogP contribution in [0.3, 0.4) is 0 Å². The number of para-hydroxylation sites is 1. The largest absolute Gasteiger partial charge is 0.468 e. The number of nitrogen functional groups attached to an aromatic ring is 1. The maximum atomic E-state index is 13.6. The normalized spacial score (nSPS) is 25.8. The third-order valence-corrected chi connectivity index (χ3v) is 6.81. The van der Waals surface area contributed by atoms with Crippen LogP contribution in [0.1, 0.15) is 20.1 Å². The Bertz CT molecular complexity index is 1100. The molecule has 0 amide bonds. The Morgan fingerprint density at radius 1 is 1.24 bits per heavy atom. The lowest BCUT2D eigenvalue weighted by molar-refractivity contribution is -0.142. The van der Waals surface area contributed by atoms with Crippen molar-refractivity contribution in [2.75, 3.05) is 12.8 Å². The van der Waals surface area contributed by atoms with E-state index in [2.05, 4.69) is 14.8 Å². The van der Waals surface area contributed by atoms with Crippen molar-refractivity contribution >= 4 is 19.5 Å². The van der Waals surface area contributed by atoms with Gasteiger partial charge < -0.3 is 29.9 Å². The predicted molar refractivity (Wildman–Crippen MR) is 119 cm³/mol. The number of ether oxygens (including phenoxy) is 2. The highest BCUT2D eigenvalue weighted by molar-refractivity contribution is 7.52. The van der Waals surface area contributed by atoms with Gasteiger partial charge in [-0.1, -0.05) is 18.2 Å². The molecule has 3 unspecified atom stereocenters. The van der Waals surface area contributed by atoms with Crippen molar-refractivity contribution in [3.8, 4) is 5.75 Å². The van der Waals surface area contributed by atoms with Gasteiger partial charge in [-0.15, -0.1) is 0 Å². The van der Waals surface area contributed by atoms with E-state index in [1.165, 1.54) is 45.4 Å². The van der Waals surface area contributed by atoms with Crippen molar-refractivity contribution in [1.29, 1.82) is 0 Å². The van der Waals surface area contributed by atoms with Crippen molar-refractivity contribution in [1.82, 2.24) is 14.6 Å². The van der Waals surface area contributed by atoms with E-state index in [1.807, 2.05) is 0 Å². The summed E-state index contributed by atoms with van der Waals surface area (Å²) < 4.78 is 36.0. The minimum Gasteiger partial charge on any atom is -0.468 e. The Morgan fingerprint density at radius 2 is 1.91 bits per heavy atom. The first-order chi connectivity index (χ1) is 16.0. The molecule has 186 valence electrons. The van der Waals surface area contributed by atoms with Crippen LogP contribution in [0.15, 0.2) is 47.4 Å². The molecule has 1 fully saturated rings. The number of benzene rings is 1. The second-order valence-electron chi connectivity index (χ2n) is 7.60. The van der Waals surface area contributed by atoms with E-state index in [9.17, 15) is 24.4 Å². The Morgan fingerprint density at radius 3 is 2.53 bits per heavy atom. The van der Waals surface area contributed by atoms with Gasteiger partial charge in [0.1, 0.15) is 35.9 Å². The topological polar surface area (TPSA) is 184 Å². The molecule has 0 radical (unpaired) electrons. The van der Waals surface area contributed by atoms with Gasteiger partial charge in [-0.05, 0) is 32.0 Å². The maximum absolute atomic E-state index is 13.6. The summed E-state index contributed by atoms with van der Waals surface area (Å²) in [6, 6.07) is 8.35. The SMILES string of the molecule is COC(=O)C(C)NP(=O)(Oc1ccccc1)OC(C)[C@H]1O[C@@H](n2ccc(N)nc2=O)[C@@H](O)[C@@H]1O. The van der Waals surface area contributed by atoms with Crippen molar-refractivity contribution in [3.05, 3.63) is 53.1 Å². The number of aliphatic hydroxyl groups is 2. The number of nitrogens with one attached hydrogen (secondary N) is 1. The number of esters is 1. The fourth-order valence-corrected chi connectivity index (χ4v) is 5.06. The molecule has 14 heteroatoms. The van der Waals surface area contributed by atoms with Crippen LogP contribution in [0.4, 0.5) is 5.82 Å². The monoisotopic (exact) mass is 498 g/mol. The van der Waals surface area contributed by atoms with E-state index in [1.54, 1.807) is 18.2 Å². The lowest BCUT2D eigenvalue weighted by atomic mass is 10.1. The molecule has 0 aliphatic carbocycles. The van der Waals surface area contributed by atoms with Crippen molar-refractivity contribution in [2.24, 2.45) is 0 Å². The molecule has 13 nitrogen and oxygen atoms in total. The van der Waals surface area contributed by atoms with Crippen LogP contribution in [-0.4, -0.2) is 63.3 Å². The minimum absolute atomic E-state index is 0.0210. The van der Waals surface area contributed by atoms with Crippen LogP contribution in [0.5, 0.6) is 5.75 Å². The molecule has 2 heterocycles. The molecule has 2 aromatic rings. The summed E-state index contributed by atoms with van der Waals surface area (Å²) >= 11 is 0. The van der Waals surface area contributed by atoms with Gasteiger partial charge in [0.15, 0.2) is 6.23 Å². The van der Waals surface area contributed by atoms with Gasteiger partial charge in [0.05, 0.1) is 13.2 Å². The highest BCUT2D eigenvalue weighted by atomic mass is 31.2. The molecule has 1 aromatic heterocycles. The molecule has 0 saturated carbocycles. The van der Waals surface area contributed by atoms with Crippen molar-refractivity contribution in [3.63, 3.8) is 0 Å². The zero-order valence-corrected chi connectivity index (χ0v) is 19.6. The number of nitrogens with zero attached hydrogens (tertiary/aromatic N) is 2. The molecule has 1 aliphatic rings. The van der Waals surface area contributed by atoms with Crippen LogP contribution in [0.2, 0.25) is 0 Å². The number of nitrogens with two attached hydrogens (primary N) is 1. The zero-order chi connectivity index (χ0) is 25.0. The zero-order valence-electron chi connectivity index (χ0n) is 18.7. The predicted octanol–water partition coefficient (Wildman–Crippen LogP) is 0.188. The van der Waals surface area contributed by atoms with E-state index in [4.69, 9.17) is 19.5 Å². The average molecular weight is 498 g/mol. The lowest BCUT2D eigenvalue weighted by Crippen LogP contribution is -2.41. The number of hydrogen-bond acceptors (Lipinski definition) is 11. The summed E-state index contributed by atoms with van der Waals surface area (Å²) in [5.41, 5.74) is 4.69. The number of methoxy groups -OCH3 is 1. The van der Waals surface area contributed by atoms with Gasteiger partial charge in [0.25, 0.3) is 0 Å². The number of carbonyl (C=O) groups is 1. The number of rotatable bonds is 9. The number of anilines is 1. The first kappa shape index (κ1) is 25.8. The summed E-state index contributed by atoms with van der Waals surface area (Å²) in [6.45, 7) is 2.83. The second kappa shape index (κ2) is 10.6. The smallest absolute Gasteiger partial charge is 0.459 e. The summed E-state index contributed by atoms with van der Waals surface area (Å²) in [5, 5.41) is 23.5. The number of aliphatic hydroxyl groups excluding tert-OH is 2. The molecule has 5 N–H and O–H groups in total. The fraction of sp³-hybridized carbons (Fsp3) is 0.450. The van der Waals surface area contributed by atoms with Crippen LogP contribution in [0, 0.1) is 0 Å². The minimum atomic E-state index is -4.25. The molecule has 0 bridgehead atoms. The number of hydrogen-bond donors (Lipinski definition) is 4. The van der Waals surface area contributed by atoms with Gasteiger partial charge in [-0.2, -0.15) is 10.1 Å². The van der Waals surface area contributed by atoms with Gasteiger partial charge >= 0.3 is 19.4 Å². The lowest BCUT2D eigenvalue weighted by Gasteiger charge is -2.28. The molecule has 0 spiro atoms. The molecule has 7 atom stereocenters. The van der Waals surface area contributed by atoms with Crippen LogP contribution >= 0.6 is 7.75 Å². The third kappa shape index (κ3) is 5.81. The molecule has 1 aromatic carbocycles. The quantitative estimate of drug-likeness (QED) is 0.272. The van der Waals surface area contributed by atoms with Gasteiger partial charge in [0, 0.05) is 6.20 Å². The van der Waals surface area contributed by atoms with E-state index in [0.29, 0.717) is 0 Å². The summed E-state index contributed by atoms with van der Waals surface area (Å²) in [6.07, 6.45) is -5.46. The first-order valence-corrected chi connectivity index (χ1v) is 11.8. The maximum Gasteiger partial charge on any atom is 0.459 e. The van der Waals surface area contributed by atoms with Crippen molar-refractivity contribution < 1.29 is 38.1 Å². The van der Waals surface area contributed by atoms with E-state index < -0.39 is 56.1 Å². The summed E-state index contributed by atoms with van der Waals surface area (Å²) in [4.78, 5) is 27.6. The number of carbonyl (C=O) groups excluding carboxylic acids is 1. The third-order valence-electron chi connectivity index (χ3n) is 5.04. The highest BCUT2D eigenvalue weighted by Crippen LogP contribution is 2.47. The molecular formula is C20H27N4O9P. The van der Waals surface area contributed by atoms with Gasteiger partial charge in [-0.3, -0.25) is 13.9 Å². The number of aromatic nitrogens is 2. The molecular weight excluding hydrogens is 471 g/mol. The highest BCUT2D eigenvalue weighted by Gasteiger charge is 2.49. The average Bonchev–Trinajstić information content (AvgIpc) is 3.08. The Hall–Kier alpha value is -2.80. The summed E-state index contributed by atoms with van der Waals surface area (Å²) in [5.74, 6) is -0.545. The van der Waals surface area contributed by atoms with Crippen LogP contribution in [-0.2, 0) is 23.4 Å².